The molecule has 1 aromatic carbocycles. The lowest BCUT2D eigenvalue weighted by Gasteiger charge is -2.34. The van der Waals surface area contributed by atoms with Crippen molar-refractivity contribution < 1.29 is 8.42 Å². The van der Waals surface area contributed by atoms with Crippen molar-refractivity contribution in [1.82, 2.24) is 9.62 Å². The number of para-hydroxylation sites is 1. The second kappa shape index (κ2) is 6.56. The zero-order valence-electron chi connectivity index (χ0n) is 12.1. The second-order valence-corrected chi connectivity index (χ2v) is 7.17. The molecule has 5 nitrogen and oxygen atoms in total. The maximum Gasteiger partial charge on any atom is 0.303 e. The Morgan fingerprint density at radius 3 is 2.40 bits per heavy atom. The van der Waals surface area contributed by atoms with Crippen LogP contribution in [0.15, 0.2) is 30.3 Å². The Bertz CT molecular complexity index is 510. The first-order valence-electron chi connectivity index (χ1n) is 6.99. The molecule has 0 bridgehead atoms. The van der Waals surface area contributed by atoms with Crippen LogP contribution in [-0.2, 0) is 10.2 Å². The molecule has 6 heteroatoms. The molecule has 1 aromatic rings. The smallest absolute Gasteiger partial charge is 0.303 e. The van der Waals surface area contributed by atoms with Crippen molar-refractivity contribution in [3.63, 3.8) is 0 Å². The second-order valence-electron chi connectivity index (χ2n) is 5.21. The van der Waals surface area contributed by atoms with Gasteiger partial charge < -0.3 is 5.32 Å². The van der Waals surface area contributed by atoms with Gasteiger partial charge >= 0.3 is 10.2 Å². The third kappa shape index (κ3) is 3.31. The van der Waals surface area contributed by atoms with Gasteiger partial charge in [-0.05, 0) is 44.5 Å². The molecular weight excluding hydrogens is 274 g/mol. The van der Waals surface area contributed by atoms with Gasteiger partial charge in [-0.1, -0.05) is 18.2 Å². The first-order valence-corrected chi connectivity index (χ1v) is 8.39. The van der Waals surface area contributed by atoms with Crippen molar-refractivity contribution in [1.29, 1.82) is 0 Å². The van der Waals surface area contributed by atoms with Crippen LogP contribution in [0.3, 0.4) is 0 Å². The molecule has 0 aromatic heterocycles. The van der Waals surface area contributed by atoms with Gasteiger partial charge in [0.05, 0.1) is 5.69 Å². The molecule has 0 unspecified atom stereocenters. The fourth-order valence-corrected chi connectivity index (χ4v) is 3.98. The molecule has 1 aliphatic rings. The van der Waals surface area contributed by atoms with Gasteiger partial charge in [0.2, 0.25) is 0 Å². The van der Waals surface area contributed by atoms with Gasteiger partial charge in [0.15, 0.2) is 0 Å². The van der Waals surface area contributed by atoms with Gasteiger partial charge in [0.25, 0.3) is 0 Å². The van der Waals surface area contributed by atoms with E-state index >= 15 is 0 Å². The number of nitrogens with zero attached hydrogens (tertiary/aromatic N) is 2. The van der Waals surface area contributed by atoms with Crippen LogP contribution in [0.25, 0.3) is 0 Å². The average Bonchev–Trinajstić information content (AvgIpc) is 2.48. The van der Waals surface area contributed by atoms with E-state index in [0.717, 1.165) is 19.4 Å². The zero-order chi connectivity index (χ0) is 14.6. The molecule has 0 aliphatic carbocycles. The van der Waals surface area contributed by atoms with E-state index in [1.54, 1.807) is 11.4 Å². The Kier molecular flexibility index (Phi) is 5.01. The number of rotatable bonds is 5. The number of hydrogen-bond acceptors (Lipinski definition) is 3. The largest absolute Gasteiger partial charge is 0.319 e. The number of anilines is 1. The molecule has 1 saturated heterocycles. The van der Waals surface area contributed by atoms with E-state index in [9.17, 15) is 8.42 Å². The zero-order valence-corrected chi connectivity index (χ0v) is 12.9. The van der Waals surface area contributed by atoms with Crippen molar-refractivity contribution in [2.45, 2.75) is 12.8 Å². The summed E-state index contributed by atoms with van der Waals surface area (Å²) in [4.78, 5) is 0. The van der Waals surface area contributed by atoms with Crippen molar-refractivity contribution in [3.05, 3.63) is 30.3 Å². The fourth-order valence-electron chi connectivity index (χ4n) is 2.58. The van der Waals surface area contributed by atoms with Crippen LogP contribution in [0, 0.1) is 5.92 Å². The predicted octanol–water partition coefficient (Wildman–Crippen LogP) is 1.30. The number of hydrogen-bond donors (Lipinski definition) is 1. The van der Waals surface area contributed by atoms with E-state index in [4.69, 9.17) is 0 Å². The Morgan fingerprint density at radius 2 is 1.85 bits per heavy atom. The van der Waals surface area contributed by atoms with Crippen LogP contribution in [0.4, 0.5) is 5.69 Å². The standard InChI is InChI=1S/C14H23N3O2S/c1-15-12-13-8-10-17(11-9-13)20(18,19)16(2)14-6-4-3-5-7-14/h3-7,13,15H,8-12H2,1-2H3. The predicted molar refractivity (Wildman–Crippen MR) is 82.0 cm³/mol. The van der Waals surface area contributed by atoms with Crippen LogP contribution < -0.4 is 9.62 Å². The first kappa shape index (κ1) is 15.3. The first-order chi connectivity index (χ1) is 9.55. The van der Waals surface area contributed by atoms with Crippen molar-refractivity contribution in [3.8, 4) is 0 Å². The van der Waals surface area contributed by atoms with E-state index in [-0.39, 0.29) is 0 Å². The molecule has 112 valence electrons. The summed E-state index contributed by atoms with van der Waals surface area (Å²) in [6.07, 6.45) is 1.84. The van der Waals surface area contributed by atoms with Gasteiger partial charge in [-0.15, -0.1) is 0 Å². The van der Waals surface area contributed by atoms with E-state index in [1.165, 1.54) is 4.31 Å². The topological polar surface area (TPSA) is 52.7 Å². The Morgan fingerprint density at radius 1 is 1.25 bits per heavy atom. The molecular formula is C14H23N3O2S. The van der Waals surface area contributed by atoms with E-state index in [0.29, 0.717) is 24.7 Å². The summed E-state index contributed by atoms with van der Waals surface area (Å²) in [5.41, 5.74) is 0.699. The minimum atomic E-state index is -3.41. The normalized spacial score (nSPS) is 18.1. The minimum Gasteiger partial charge on any atom is -0.319 e. The number of benzene rings is 1. The SMILES string of the molecule is CNCC1CCN(S(=O)(=O)N(C)c2ccccc2)CC1. The monoisotopic (exact) mass is 297 g/mol. The van der Waals surface area contributed by atoms with Crippen LogP contribution >= 0.6 is 0 Å². The lowest BCUT2D eigenvalue weighted by molar-refractivity contribution is 0.270. The molecule has 0 saturated carbocycles. The highest BCUT2D eigenvalue weighted by Gasteiger charge is 2.30. The lowest BCUT2D eigenvalue weighted by atomic mass is 9.98. The summed E-state index contributed by atoms with van der Waals surface area (Å²) in [5.74, 6) is 0.577. The summed E-state index contributed by atoms with van der Waals surface area (Å²) in [6, 6.07) is 9.20. The Balaban J connectivity index is 2.04. The van der Waals surface area contributed by atoms with Gasteiger partial charge in [0.1, 0.15) is 0 Å². The van der Waals surface area contributed by atoms with Crippen LogP contribution in [0.5, 0.6) is 0 Å². The van der Waals surface area contributed by atoms with E-state index in [1.807, 2.05) is 37.4 Å². The summed E-state index contributed by atoms with van der Waals surface area (Å²) < 4.78 is 28.1. The highest BCUT2D eigenvalue weighted by atomic mass is 32.2. The summed E-state index contributed by atoms with van der Waals surface area (Å²) >= 11 is 0. The van der Waals surface area contributed by atoms with Gasteiger partial charge in [-0.2, -0.15) is 12.7 Å². The number of piperidine rings is 1. The fraction of sp³-hybridized carbons (Fsp3) is 0.571. The van der Waals surface area contributed by atoms with Crippen molar-refractivity contribution in [2.24, 2.45) is 5.92 Å². The summed E-state index contributed by atoms with van der Waals surface area (Å²) in [5, 5.41) is 3.16. The maximum absolute atomic E-state index is 12.6. The number of nitrogens with one attached hydrogen (secondary N) is 1. The molecule has 2 rings (SSSR count). The third-order valence-electron chi connectivity index (χ3n) is 3.86. The molecule has 0 radical (unpaired) electrons. The highest BCUT2D eigenvalue weighted by molar-refractivity contribution is 7.90. The van der Waals surface area contributed by atoms with Gasteiger partial charge in [0, 0.05) is 20.1 Å². The maximum atomic E-state index is 12.6. The van der Waals surface area contributed by atoms with Gasteiger partial charge in [-0.25, -0.2) is 0 Å². The lowest BCUT2D eigenvalue weighted by Crippen LogP contribution is -2.46. The van der Waals surface area contributed by atoms with Gasteiger partial charge in [-0.3, -0.25) is 4.31 Å². The van der Waals surface area contributed by atoms with Crippen LogP contribution in [0.1, 0.15) is 12.8 Å². The summed E-state index contributed by atoms with van der Waals surface area (Å²) in [7, 11) is 0.145. The quantitative estimate of drug-likeness (QED) is 0.891. The highest BCUT2D eigenvalue weighted by Crippen LogP contribution is 2.23. The molecule has 1 aliphatic heterocycles. The Labute approximate surface area is 121 Å². The molecule has 1 heterocycles. The molecule has 1 N–H and O–H groups in total. The molecule has 0 atom stereocenters. The van der Waals surface area contributed by atoms with E-state index < -0.39 is 10.2 Å². The minimum absolute atomic E-state index is 0.577. The van der Waals surface area contributed by atoms with Crippen molar-refractivity contribution in [2.75, 3.05) is 38.0 Å². The Hall–Kier alpha value is -1.11. The van der Waals surface area contributed by atoms with Crippen molar-refractivity contribution >= 4 is 15.9 Å². The van der Waals surface area contributed by atoms with Crippen LogP contribution in [0.2, 0.25) is 0 Å². The van der Waals surface area contributed by atoms with E-state index in [2.05, 4.69) is 5.32 Å². The molecule has 20 heavy (non-hydrogen) atoms. The average molecular weight is 297 g/mol. The van der Waals surface area contributed by atoms with Crippen LogP contribution in [-0.4, -0.2) is 46.5 Å². The molecule has 0 amide bonds. The molecule has 1 fully saturated rings. The molecule has 0 spiro atoms. The third-order valence-corrected chi connectivity index (χ3v) is 5.78. The summed E-state index contributed by atoms with van der Waals surface area (Å²) in [6.45, 7) is 2.17.